The Morgan fingerprint density at radius 1 is 1.07 bits per heavy atom. The lowest BCUT2D eigenvalue weighted by Crippen LogP contribution is -2.30. The first-order chi connectivity index (χ1) is 12.4. The summed E-state index contributed by atoms with van der Waals surface area (Å²) in [6, 6.07) is 7.90. The fourth-order valence-electron chi connectivity index (χ4n) is 2.36. The Kier molecular flexibility index (Phi) is 5.96. The van der Waals surface area contributed by atoms with Crippen LogP contribution in [0, 0.1) is 6.92 Å². The Bertz CT molecular complexity index is 955. The average molecular weight is 400 g/mol. The minimum absolute atomic E-state index is 0.0391. The van der Waals surface area contributed by atoms with Crippen molar-refractivity contribution in [2.45, 2.75) is 37.9 Å². The van der Waals surface area contributed by atoms with Gasteiger partial charge in [-0.3, -0.25) is 4.79 Å². The SMILES string of the molecule is Cc1ccc(S(=O)(=O)NC(C)C)cc1C(=O)Nc1cccc(C(F)(F)F)c1. The molecule has 2 N–H and O–H groups in total. The van der Waals surface area contributed by atoms with Gasteiger partial charge in [0.15, 0.2) is 0 Å². The van der Waals surface area contributed by atoms with Crippen molar-refractivity contribution in [3.63, 3.8) is 0 Å². The molecule has 5 nitrogen and oxygen atoms in total. The highest BCUT2D eigenvalue weighted by Crippen LogP contribution is 2.30. The number of halogens is 3. The molecule has 0 aliphatic rings. The van der Waals surface area contributed by atoms with E-state index in [0.717, 1.165) is 12.1 Å². The van der Waals surface area contributed by atoms with Gasteiger partial charge in [0.1, 0.15) is 0 Å². The number of carbonyl (C=O) groups excluding carboxylic acids is 1. The summed E-state index contributed by atoms with van der Waals surface area (Å²) >= 11 is 0. The second-order valence-corrected chi connectivity index (χ2v) is 8.00. The lowest BCUT2D eigenvalue weighted by Gasteiger charge is -2.13. The lowest BCUT2D eigenvalue weighted by atomic mass is 10.1. The third-order valence-electron chi connectivity index (χ3n) is 3.60. The molecular formula is C18H19F3N2O3S. The van der Waals surface area contributed by atoms with E-state index < -0.39 is 27.7 Å². The van der Waals surface area contributed by atoms with Crippen molar-refractivity contribution in [3.05, 3.63) is 59.2 Å². The highest BCUT2D eigenvalue weighted by atomic mass is 32.2. The summed E-state index contributed by atoms with van der Waals surface area (Å²) in [5.41, 5.74) is -0.390. The van der Waals surface area contributed by atoms with Crippen molar-refractivity contribution in [3.8, 4) is 0 Å². The van der Waals surface area contributed by atoms with Crippen LogP contribution in [0.25, 0.3) is 0 Å². The molecule has 0 saturated carbocycles. The maximum Gasteiger partial charge on any atom is 0.416 e. The molecule has 2 rings (SSSR count). The molecule has 27 heavy (non-hydrogen) atoms. The summed E-state index contributed by atoms with van der Waals surface area (Å²) in [4.78, 5) is 12.4. The van der Waals surface area contributed by atoms with Crippen molar-refractivity contribution >= 4 is 21.6 Å². The predicted molar refractivity (Wildman–Crippen MR) is 96.0 cm³/mol. The molecule has 0 heterocycles. The van der Waals surface area contributed by atoms with E-state index in [1.807, 2.05) is 0 Å². The fourth-order valence-corrected chi connectivity index (χ4v) is 3.64. The first-order valence-corrected chi connectivity index (χ1v) is 9.50. The van der Waals surface area contributed by atoms with Crippen LogP contribution in [0.4, 0.5) is 18.9 Å². The van der Waals surface area contributed by atoms with Crippen LogP contribution >= 0.6 is 0 Å². The highest BCUT2D eigenvalue weighted by molar-refractivity contribution is 7.89. The van der Waals surface area contributed by atoms with E-state index in [1.54, 1.807) is 20.8 Å². The minimum Gasteiger partial charge on any atom is -0.322 e. The van der Waals surface area contributed by atoms with Crippen molar-refractivity contribution in [2.75, 3.05) is 5.32 Å². The Balaban J connectivity index is 2.33. The van der Waals surface area contributed by atoms with Gasteiger partial charge in [0.05, 0.1) is 10.5 Å². The molecule has 0 atom stereocenters. The van der Waals surface area contributed by atoms with Crippen LogP contribution in [0.5, 0.6) is 0 Å². The van der Waals surface area contributed by atoms with E-state index in [2.05, 4.69) is 10.0 Å². The molecule has 0 aliphatic heterocycles. The second-order valence-electron chi connectivity index (χ2n) is 6.29. The van der Waals surface area contributed by atoms with E-state index in [9.17, 15) is 26.4 Å². The van der Waals surface area contributed by atoms with Crippen molar-refractivity contribution < 1.29 is 26.4 Å². The monoisotopic (exact) mass is 400 g/mol. The molecule has 0 spiro atoms. The zero-order valence-corrected chi connectivity index (χ0v) is 15.7. The van der Waals surface area contributed by atoms with Crippen LogP contribution in [-0.2, 0) is 16.2 Å². The van der Waals surface area contributed by atoms with Crippen molar-refractivity contribution in [1.82, 2.24) is 4.72 Å². The number of alkyl halides is 3. The number of anilines is 1. The quantitative estimate of drug-likeness (QED) is 0.798. The van der Waals surface area contributed by atoms with Crippen LogP contribution in [0.15, 0.2) is 47.4 Å². The molecule has 2 aromatic rings. The fraction of sp³-hybridized carbons (Fsp3) is 0.278. The number of carbonyl (C=O) groups is 1. The van der Waals surface area contributed by atoms with Gasteiger partial charge in [0.2, 0.25) is 10.0 Å². The summed E-state index contributed by atoms with van der Waals surface area (Å²) in [6.45, 7) is 4.92. The van der Waals surface area contributed by atoms with E-state index in [-0.39, 0.29) is 22.2 Å². The molecule has 1 amide bonds. The number of hydrogen-bond acceptors (Lipinski definition) is 3. The van der Waals surface area contributed by atoms with Crippen LogP contribution in [0.1, 0.15) is 35.3 Å². The molecule has 0 fully saturated rings. The standard InChI is InChI=1S/C18H19F3N2O3S/c1-11(2)23-27(25,26)15-8-7-12(3)16(10-15)17(24)22-14-6-4-5-13(9-14)18(19,20)21/h4-11,23H,1-3H3,(H,22,24). The number of benzene rings is 2. The third kappa shape index (κ3) is 5.30. The zero-order valence-electron chi connectivity index (χ0n) is 14.9. The molecule has 0 bridgehead atoms. The topological polar surface area (TPSA) is 75.3 Å². The normalized spacial score (nSPS) is 12.3. The molecule has 2 aromatic carbocycles. The minimum atomic E-state index is -4.53. The number of sulfonamides is 1. The van der Waals surface area contributed by atoms with Gasteiger partial charge >= 0.3 is 6.18 Å². The van der Waals surface area contributed by atoms with Crippen LogP contribution in [0.3, 0.4) is 0 Å². The first kappa shape index (κ1) is 20.9. The van der Waals surface area contributed by atoms with Crippen LogP contribution in [-0.4, -0.2) is 20.4 Å². The number of aryl methyl sites for hydroxylation is 1. The van der Waals surface area contributed by atoms with Crippen molar-refractivity contribution in [2.24, 2.45) is 0 Å². The van der Waals surface area contributed by atoms with E-state index in [1.165, 1.54) is 30.3 Å². The second kappa shape index (κ2) is 7.69. The molecule has 9 heteroatoms. The first-order valence-electron chi connectivity index (χ1n) is 8.02. The Morgan fingerprint density at radius 2 is 1.74 bits per heavy atom. The molecule has 0 radical (unpaired) electrons. The highest BCUT2D eigenvalue weighted by Gasteiger charge is 2.30. The molecule has 0 saturated heterocycles. The Hall–Kier alpha value is -2.39. The van der Waals surface area contributed by atoms with Gasteiger partial charge < -0.3 is 5.32 Å². The number of amides is 1. The predicted octanol–water partition coefficient (Wildman–Crippen LogP) is 3.95. The summed E-state index contributed by atoms with van der Waals surface area (Å²) in [5, 5.41) is 2.38. The van der Waals surface area contributed by atoms with Crippen molar-refractivity contribution in [1.29, 1.82) is 0 Å². The third-order valence-corrected chi connectivity index (χ3v) is 5.26. The summed E-state index contributed by atoms with van der Waals surface area (Å²) in [7, 11) is -3.81. The molecular weight excluding hydrogens is 381 g/mol. The number of rotatable bonds is 5. The summed E-state index contributed by atoms with van der Waals surface area (Å²) in [5.74, 6) is -0.701. The maximum atomic E-state index is 12.8. The van der Waals surface area contributed by atoms with E-state index in [0.29, 0.717) is 5.56 Å². The number of nitrogens with one attached hydrogen (secondary N) is 2. The molecule has 0 unspecified atom stereocenters. The number of hydrogen-bond donors (Lipinski definition) is 2. The summed E-state index contributed by atoms with van der Waals surface area (Å²) < 4.78 is 65.3. The van der Waals surface area contributed by atoms with Gasteiger partial charge in [-0.1, -0.05) is 12.1 Å². The lowest BCUT2D eigenvalue weighted by molar-refractivity contribution is -0.137. The van der Waals surface area contributed by atoms with E-state index >= 15 is 0 Å². The van der Waals surface area contributed by atoms with Crippen LogP contribution < -0.4 is 10.0 Å². The zero-order chi connectivity index (χ0) is 20.4. The van der Waals surface area contributed by atoms with Gasteiger partial charge in [-0.25, -0.2) is 13.1 Å². The Labute approximate surface area is 155 Å². The molecule has 146 valence electrons. The van der Waals surface area contributed by atoms with Crippen LogP contribution in [0.2, 0.25) is 0 Å². The summed E-state index contributed by atoms with van der Waals surface area (Å²) in [6.07, 6.45) is -4.53. The van der Waals surface area contributed by atoms with Gasteiger partial charge in [-0.2, -0.15) is 13.2 Å². The van der Waals surface area contributed by atoms with Gasteiger partial charge in [0.25, 0.3) is 5.91 Å². The Morgan fingerprint density at radius 3 is 2.33 bits per heavy atom. The van der Waals surface area contributed by atoms with Gasteiger partial charge in [-0.15, -0.1) is 0 Å². The van der Waals surface area contributed by atoms with E-state index in [4.69, 9.17) is 0 Å². The average Bonchev–Trinajstić information content (AvgIpc) is 2.53. The van der Waals surface area contributed by atoms with Gasteiger partial charge in [0, 0.05) is 17.3 Å². The largest absolute Gasteiger partial charge is 0.416 e. The molecule has 0 aliphatic carbocycles. The van der Waals surface area contributed by atoms with Gasteiger partial charge in [-0.05, 0) is 56.7 Å². The smallest absolute Gasteiger partial charge is 0.322 e. The maximum absolute atomic E-state index is 12.8. The molecule has 0 aromatic heterocycles.